The molecule has 1 aromatic carbocycles. The molecule has 0 unspecified atom stereocenters. The SMILES string of the molecule is NC(=NO)C1CCN(Cc2c(Cl)cccc2Cl)CC1. The van der Waals surface area contributed by atoms with Crippen LogP contribution in [0.4, 0.5) is 0 Å². The Labute approximate surface area is 122 Å². The van der Waals surface area contributed by atoms with Crippen LogP contribution in [0.15, 0.2) is 23.4 Å². The summed E-state index contributed by atoms with van der Waals surface area (Å²) in [4.78, 5) is 2.29. The molecule has 0 radical (unpaired) electrons. The Morgan fingerprint density at radius 2 is 1.89 bits per heavy atom. The fourth-order valence-electron chi connectivity index (χ4n) is 2.38. The van der Waals surface area contributed by atoms with Crippen molar-refractivity contribution in [1.29, 1.82) is 0 Å². The minimum absolute atomic E-state index is 0.169. The number of likely N-dealkylation sites (tertiary alicyclic amines) is 1. The molecular formula is C13H17Cl2N3O. The van der Waals surface area contributed by atoms with Gasteiger partial charge in [0.2, 0.25) is 0 Å². The third kappa shape index (κ3) is 3.53. The molecule has 0 bridgehead atoms. The lowest BCUT2D eigenvalue weighted by atomic mass is 9.95. The predicted molar refractivity (Wildman–Crippen MR) is 77.9 cm³/mol. The topological polar surface area (TPSA) is 61.9 Å². The summed E-state index contributed by atoms with van der Waals surface area (Å²) in [5, 5.41) is 13.2. The summed E-state index contributed by atoms with van der Waals surface area (Å²) in [6.45, 7) is 2.52. The van der Waals surface area contributed by atoms with Crippen molar-refractivity contribution in [1.82, 2.24) is 4.90 Å². The number of nitrogens with two attached hydrogens (primary N) is 1. The fourth-order valence-corrected chi connectivity index (χ4v) is 2.89. The van der Waals surface area contributed by atoms with Gasteiger partial charge in [0.1, 0.15) is 5.84 Å². The van der Waals surface area contributed by atoms with E-state index in [9.17, 15) is 0 Å². The first kappa shape index (κ1) is 14.4. The zero-order chi connectivity index (χ0) is 13.8. The van der Waals surface area contributed by atoms with E-state index < -0.39 is 0 Å². The first-order valence-corrected chi connectivity index (χ1v) is 7.00. The molecule has 0 aliphatic carbocycles. The van der Waals surface area contributed by atoms with Crippen molar-refractivity contribution in [3.8, 4) is 0 Å². The summed E-state index contributed by atoms with van der Waals surface area (Å²) in [6.07, 6.45) is 1.77. The molecule has 0 aromatic heterocycles. The number of piperidine rings is 1. The highest BCUT2D eigenvalue weighted by atomic mass is 35.5. The van der Waals surface area contributed by atoms with Gasteiger partial charge in [-0.2, -0.15) is 0 Å². The minimum Gasteiger partial charge on any atom is -0.409 e. The van der Waals surface area contributed by atoms with Gasteiger partial charge < -0.3 is 10.9 Å². The van der Waals surface area contributed by atoms with Crippen LogP contribution in [0.1, 0.15) is 18.4 Å². The van der Waals surface area contributed by atoms with Crippen molar-refractivity contribution in [2.75, 3.05) is 13.1 Å². The molecule has 3 N–H and O–H groups in total. The zero-order valence-electron chi connectivity index (χ0n) is 10.5. The maximum atomic E-state index is 8.68. The lowest BCUT2D eigenvalue weighted by Gasteiger charge is -2.31. The van der Waals surface area contributed by atoms with E-state index in [4.69, 9.17) is 34.1 Å². The van der Waals surface area contributed by atoms with Crippen LogP contribution >= 0.6 is 23.2 Å². The molecule has 1 aliphatic rings. The normalized spacial score (nSPS) is 18.7. The van der Waals surface area contributed by atoms with Crippen LogP contribution < -0.4 is 5.73 Å². The van der Waals surface area contributed by atoms with E-state index in [0.717, 1.165) is 38.0 Å². The van der Waals surface area contributed by atoms with E-state index in [-0.39, 0.29) is 5.92 Å². The van der Waals surface area contributed by atoms with Crippen molar-refractivity contribution < 1.29 is 5.21 Å². The molecule has 104 valence electrons. The zero-order valence-corrected chi connectivity index (χ0v) is 12.0. The summed E-state index contributed by atoms with van der Waals surface area (Å²) < 4.78 is 0. The molecular weight excluding hydrogens is 285 g/mol. The Morgan fingerprint density at radius 1 is 1.32 bits per heavy atom. The van der Waals surface area contributed by atoms with Crippen LogP contribution in [0.2, 0.25) is 10.0 Å². The Morgan fingerprint density at radius 3 is 2.42 bits per heavy atom. The van der Waals surface area contributed by atoms with Crippen molar-refractivity contribution in [2.45, 2.75) is 19.4 Å². The molecule has 0 saturated carbocycles. The Bertz CT molecular complexity index is 451. The van der Waals surface area contributed by atoms with Crippen LogP contribution in [-0.2, 0) is 6.54 Å². The van der Waals surface area contributed by atoms with Crippen molar-refractivity contribution in [3.05, 3.63) is 33.8 Å². The second kappa shape index (κ2) is 6.46. The van der Waals surface area contributed by atoms with Gasteiger partial charge in [0.05, 0.1) is 0 Å². The summed E-state index contributed by atoms with van der Waals surface area (Å²) in [5.41, 5.74) is 6.60. The first-order chi connectivity index (χ1) is 9.11. The molecule has 1 aliphatic heterocycles. The number of benzene rings is 1. The third-order valence-electron chi connectivity index (χ3n) is 3.56. The van der Waals surface area contributed by atoms with Crippen LogP contribution in [0.5, 0.6) is 0 Å². The van der Waals surface area contributed by atoms with E-state index in [2.05, 4.69) is 10.1 Å². The summed E-state index contributed by atoms with van der Waals surface area (Å²) in [6, 6.07) is 5.55. The molecule has 6 heteroatoms. The highest BCUT2D eigenvalue weighted by Crippen LogP contribution is 2.27. The maximum absolute atomic E-state index is 8.68. The number of amidine groups is 1. The fraction of sp³-hybridized carbons (Fsp3) is 0.462. The van der Waals surface area contributed by atoms with E-state index in [1.54, 1.807) is 0 Å². The van der Waals surface area contributed by atoms with Gasteiger partial charge >= 0.3 is 0 Å². The summed E-state index contributed by atoms with van der Waals surface area (Å²) in [5.74, 6) is 0.499. The summed E-state index contributed by atoms with van der Waals surface area (Å²) >= 11 is 12.3. The van der Waals surface area contributed by atoms with Crippen LogP contribution in [0.25, 0.3) is 0 Å². The predicted octanol–water partition coefficient (Wildman–Crippen LogP) is 2.95. The Balaban J connectivity index is 1.96. The van der Waals surface area contributed by atoms with Gasteiger partial charge in [-0.05, 0) is 38.1 Å². The monoisotopic (exact) mass is 301 g/mol. The van der Waals surface area contributed by atoms with Gasteiger partial charge in [0.25, 0.3) is 0 Å². The standard InChI is InChI=1S/C13H17Cl2N3O/c14-11-2-1-3-12(15)10(11)8-18-6-4-9(5-7-18)13(16)17-19/h1-3,9,19H,4-8H2,(H2,16,17). The van der Waals surface area contributed by atoms with Crippen molar-refractivity contribution in [2.24, 2.45) is 16.8 Å². The van der Waals surface area contributed by atoms with Gasteiger partial charge in [-0.3, -0.25) is 4.90 Å². The molecule has 4 nitrogen and oxygen atoms in total. The van der Waals surface area contributed by atoms with Crippen LogP contribution in [0, 0.1) is 5.92 Å². The first-order valence-electron chi connectivity index (χ1n) is 6.24. The van der Waals surface area contributed by atoms with Crippen molar-refractivity contribution >= 4 is 29.0 Å². The highest BCUT2D eigenvalue weighted by molar-refractivity contribution is 6.35. The molecule has 1 saturated heterocycles. The molecule has 1 heterocycles. The summed E-state index contributed by atoms with van der Waals surface area (Å²) in [7, 11) is 0. The average Bonchev–Trinajstić information content (AvgIpc) is 2.43. The number of halogens is 2. The molecule has 0 amide bonds. The average molecular weight is 302 g/mol. The lowest BCUT2D eigenvalue weighted by Crippen LogP contribution is -2.38. The molecule has 1 fully saturated rings. The number of hydrogen-bond acceptors (Lipinski definition) is 3. The van der Waals surface area contributed by atoms with Gasteiger partial charge in [-0.15, -0.1) is 0 Å². The largest absolute Gasteiger partial charge is 0.409 e. The Kier molecular flexibility index (Phi) is 4.91. The second-order valence-corrected chi connectivity index (χ2v) is 5.59. The lowest BCUT2D eigenvalue weighted by molar-refractivity contribution is 0.198. The van der Waals surface area contributed by atoms with Gasteiger partial charge in [-0.1, -0.05) is 34.4 Å². The minimum atomic E-state index is 0.169. The highest BCUT2D eigenvalue weighted by Gasteiger charge is 2.23. The second-order valence-electron chi connectivity index (χ2n) is 4.78. The number of oxime groups is 1. The molecule has 0 spiro atoms. The van der Waals surface area contributed by atoms with E-state index >= 15 is 0 Å². The molecule has 0 atom stereocenters. The number of rotatable bonds is 3. The van der Waals surface area contributed by atoms with Gasteiger partial charge in [-0.25, -0.2) is 0 Å². The maximum Gasteiger partial charge on any atom is 0.142 e. The third-order valence-corrected chi connectivity index (χ3v) is 4.27. The van der Waals surface area contributed by atoms with Crippen LogP contribution in [-0.4, -0.2) is 29.0 Å². The quantitative estimate of drug-likeness (QED) is 0.390. The Hall–Kier alpha value is -0.970. The smallest absolute Gasteiger partial charge is 0.142 e. The molecule has 19 heavy (non-hydrogen) atoms. The molecule has 2 rings (SSSR count). The van der Waals surface area contributed by atoms with Crippen molar-refractivity contribution in [3.63, 3.8) is 0 Å². The van der Waals surface area contributed by atoms with E-state index in [1.165, 1.54) is 0 Å². The number of hydrogen-bond donors (Lipinski definition) is 2. The van der Waals surface area contributed by atoms with Gasteiger partial charge in [0.15, 0.2) is 0 Å². The number of nitrogens with zero attached hydrogens (tertiary/aromatic N) is 2. The molecule has 1 aromatic rings. The van der Waals surface area contributed by atoms with Gasteiger partial charge in [0, 0.05) is 28.1 Å². The van der Waals surface area contributed by atoms with E-state index in [1.807, 2.05) is 18.2 Å². The van der Waals surface area contributed by atoms with E-state index in [0.29, 0.717) is 15.9 Å². The van der Waals surface area contributed by atoms with Crippen LogP contribution in [0.3, 0.4) is 0 Å².